The topological polar surface area (TPSA) is 32.9 Å². The highest BCUT2D eigenvalue weighted by Crippen LogP contribution is 1.88. The summed E-state index contributed by atoms with van der Waals surface area (Å²) in [7, 11) is 0. The molecule has 10 heavy (non-hydrogen) atoms. The first-order valence-corrected chi connectivity index (χ1v) is 3.24. The van der Waals surface area contributed by atoms with Crippen molar-refractivity contribution in [3.8, 4) is 0 Å². The monoisotopic (exact) mass is 133 g/mol. The van der Waals surface area contributed by atoms with E-state index in [1.165, 1.54) is 0 Å². The summed E-state index contributed by atoms with van der Waals surface area (Å²) < 4.78 is 0. The van der Waals surface area contributed by atoms with Crippen molar-refractivity contribution in [1.82, 2.24) is 4.98 Å². The van der Waals surface area contributed by atoms with Crippen molar-refractivity contribution >= 4 is 17.9 Å². The minimum Gasteiger partial charge on any atom is -0.361 e. The van der Waals surface area contributed by atoms with E-state index >= 15 is 0 Å². The molecule has 0 saturated carbocycles. The first-order valence-electron chi connectivity index (χ1n) is 3.24. The average Bonchev–Trinajstić information content (AvgIpc) is 2.33. The van der Waals surface area contributed by atoms with Gasteiger partial charge in [0.1, 0.15) is 0 Å². The number of ketones is 1. The Morgan fingerprint density at radius 3 is 3.30 bits per heavy atom. The second-order valence-corrected chi connectivity index (χ2v) is 2.37. The molecule has 0 aliphatic heterocycles. The summed E-state index contributed by atoms with van der Waals surface area (Å²) in [6, 6.07) is 1.97. The number of fused-ring (bicyclic) bond motifs is 1. The Labute approximate surface area is 57.9 Å². The van der Waals surface area contributed by atoms with Crippen LogP contribution < -0.4 is 10.6 Å². The molecular weight excluding hydrogens is 126 g/mol. The highest BCUT2D eigenvalue weighted by Gasteiger charge is 1.99. The molecule has 50 valence electrons. The zero-order chi connectivity index (χ0) is 6.97. The van der Waals surface area contributed by atoms with Crippen LogP contribution in [-0.4, -0.2) is 10.8 Å². The summed E-state index contributed by atoms with van der Waals surface area (Å²) in [5.74, 6) is 0.176. The van der Waals surface area contributed by atoms with E-state index in [1.54, 1.807) is 6.08 Å². The lowest BCUT2D eigenvalue weighted by molar-refractivity contribution is -0.112. The van der Waals surface area contributed by atoms with Crippen LogP contribution in [0.1, 0.15) is 6.42 Å². The van der Waals surface area contributed by atoms with Crippen molar-refractivity contribution < 1.29 is 4.79 Å². The van der Waals surface area contributed by atoms with E-state index in [1.807, 2.05) is 18.3 Å². The van der Waals surface area contributed by atoms with Crippen molar-refractivity contribution in [3.05, 3.63) is 22.8 Å². The first kappa shape index (κ1) is 5.47. The number of carbonyl (C=O) groups is 1. The Hall–Kier alpha value is -1.31. The number of rotatable bonds is 0. The number of H-pyrrole nitrogens is 1. The molecule has 2 heteroatoms. The third-order valence-corrected chi connectivity index (χ3v) is 1.64. The third kappa shape index (κ3) is 0.692. The first-order chi connectivity index (χ1) is 4.86. The van der Waals surface area contributed by atoms with Crippen LogP contribution in [0.4, 0.5) is 0 Å². The summed E-state index contributed by atoms with van der Waals surface area (Å²) in [5.41, 5.74) is 0. The van der Waals surface area contributed by atoms with Gasteiger partial charge in [-0.25, -0.2) is 0 Å². The molecule has 1 heterocycles. The van der Waals surface area contributed by atoms with Crippen molar-refractivity contribution in [2.45, 2.75) is 6.42 Å². The molecule has 0 atom stereocenters. The Balaban J connectivity index is 2.85. The molecular formula is C8H7NO. The lowest BCUT2D eigenvalue weighted by Gasteiger charge is -1.91. The molecule has 2 rings (SSSR count). The minimum atomic E-state index is 0.176. The summed E-state index contributed by atoms with van der Waals surface area (Å²) in [6.45, 7) is 0. The maximum Gasteiger partial charge on any atom is 0.161 e. The van der Waals surface area contributed by atoms with Gasteiger partial charge in [0.15, 0.2) is 5.78 Å². The molecule has 1 aliphatic carbocycles. The van der Waals surface area contributed by atoms with E-state index in [-0.39, 0.29) is 5.78 Å². The molecule has 1 N–H and O–H groups in total. The fraction of sp³-hybridized carbons (Fsp3) is 0.125. The molecule has 0 bridgehead atoms. The van der Waals surface area contributed by atoms with Crippen LogP contribution in [0.15, 0.2) is 12.3 Å². The standard InChI is InChI=1S/C8H7NO/c10-7-2-1-6-3-4-9-8(6)5-7/h1,3-5,9H,2H2. The van der Waals surface area contributed by atoms with Gasteiger partial charge in [0.05, 0.1) is 0 Å². The van der Waals surface area contributed by atoms with Gasteiger partial charge >= 0.3 is 0 Å². The number of aromatic amines is 1. The van der Waals surface area contributed by atoms with Crippen molar-refractivity contribution in [1.29, 1.82) is 0 Å². The SMILES string of the molecule is O=C1C=c2[nH]ccc2=CC1. The lowest BCUT2D eigenvalue weighted by Crippen LogP contribution is -2.27. The summed E-state index contributed by atoms with van der Waals surface area (Å²) in [6.07, 6.45) is 5.98. The molecule has 1 aromatic rings. The number of Topliss-reactive ketones (excluding diaryl/α,β-unsaturated/α-hetero) is 1. The number of hydrogen-bond donors (Lipinski definition) is 1. The Morgan fingerprint density at radius 1 is 1.50 bits per heavy atom. The second-order valence-electron chi connectivity index (χ2n) is 2.37. The van der Waals surface area contributed by atoms with Crippen LogP contribution in [0.25, 0.3) is 12.2 Å². The number of carbonyl (C=O) groups excluding carboxylic acids is 1. The van der Waals surface area contributed by atoms with Crippen LogP contribution in [0.3, 0.4) is 0 Å². The smallest absolute Gasteiger partial charge is 0.161 e. The van der Waals surface area contributed by atoms with Crippen molar-refractivity contribution in [2.24, 2.45) is 0 Å². The molecule has 0 radical (unpaired) electrons. The summed E-state index contributed by atoms with van der Waals surface area (Å²) in [5, 5.41) is 2.08. The van der Waals surface area contributed by atoms with E-state index in [0.717, 1.165) is 10.6 Å². The third-order valence-electron chi connectivity index (χ3n) is 1.64. The van der Waals surface area contributed by atoms with Crippen molar-refractivity contribution in [2.75, 3.05) is 0 Å². The minimum absolute atomic E-state index is 0.176. The Morgan fingerprint density at radius 2 is 2.40 bits per heavy atom. The van der Waals surface area contributed by atoms with Crippen LogP contribution >= 0.6 is 0 Å². The molecule has 0 amide bonds. The summed E-state index contributed by atoms with van der Waals surface area (Å²) >= 11 is 0. The van der Waals surface area contributed by atoms with Gasteiger partial charge < -0.3 is 4.98 Å². The van der Waals surface area contributed by atoms with Crippen LogP contribution in [0, 0.1) is 0 Å². The predicted octanol–water partition coefficient (Wildman–Crippen LogP) is -0.452. The molecule has 2 nitrogen and oxygen atoms in total. The van der Waals surface area contributed by atoms with E-state index in [9.17, 15) is 4.79 Å². The average molecular weight is 133 g/mol. The van der Waals surface area contributed by atoms with Gasteiger partial charge in [-0.15, -0.1) is 0 Å². The quantitative estimate of drug-likeness (QED) is 0.510. The molecule has 1 aliphatic rings. The van der Waals surface area contributed by atoms with E-state index < -0.39 is 0 Å². The summed E-state index contributed by atoms with van der Waals surface area (Å²) in [4.78, 5) is 13.8. The Bertz CT molecular complexity index is 372. The Kier molecular flexibility index (Phi) is 1.01. The zero-order valence-corrected chi connectivity index (χ0v) is 5.42. The maximum atomic E-state index is 10.8. The van der Waals surface area contributed by atoms with Gasteiger partial charge in [-0.3, -0.25) is 4.79 Å². The fourth-order valence-corrected chi connectivity index (χ4v) is 1.13. The highest BCUT2D eigenvalue weighted by molar-refractivity contribution is 6.08. The second kappa shape index (κ2) is 1.84. The molecule has 0 aromatic carbocycles. The predicted molar refractivity (Wildman–Crippen MR) is 38.6 cm³/mol. The lowest BCUT2D eigenvalue weighted by atomic mass is 10.1. The molecule has 1 aromatic heterocycles. The van der Waals surface area contributed by atoms with Gasteiger partial charge in [0.25, 0.3) is 0 Å². The van der Waals surface area contributed by atoms with Crippen LogP contribution in [0.2, 0.25) is 0 Å². The van der Waals surface area contributed by atoms with E-state index in [0.29, 0.717) is 6.42 Å². The maximum absolute atomic E-state index is 10.8. The molecule has 0 unspecified atom stereocenters. The highest BCUT2D eigenvalue weighted by atomic mass is 16.1. The van der Waals surface area contributed by atoms with Gasteiger partial charge in [0, 0.05) is 24.0 Å². The van der Waals surface area contributed by atoms with Crippen LogP contribution in [-0.2, 0) is 4.79 Å². The van der Waals surface area contributed by atoms with Gasteiger partial charge in [-0.05, 0) is 11.3 Å². The zero-order valence-electron chi connectivity index (χ0n) is 5.42. The number of aromatic nitrogens is 1. The number of nitrogens with one attached hydrogen (secondary N) is 1. The van der Waals surface area contributed by atoms with E-state index in [4.69, 9.17) is 0 Å². The number of hydrogen-bond acceptors (Lipinski definition) is 1. The van der Waals surface area contributed by atoms with Gasteiger partial charge in [0.2, 0.25) is 0 Å². The molecule has 0 saturated heterocycles. The molecule has 0 spiro atoms. The van der Waals surface area contributed by atoms with Crippen molar-refractivity contribution in [3.63, 3.8) is 0 Å². The van der Waals surface area contributed by atoms with Gasteiger partial charge in [-0.2, -0.15) is 0 Å². The normalized spacial score (nSPS) is 15.4. The van der Waals surface area contributed by atoms with Crippen LogP contribution in [0.5, 0.6) is 0 Å². The molecule has 0 fully saturated rings. The fourth-order valence-electron chi connectivity index (χ4n) is 1.13. The van der Waals surface area contributed by atoms with Gasteiger partial charge in [-0.1, -0.05) is 6.08 Å². The largest absolute Gasteiger partial charge is 0.361 e. The van der Waals surface area contributed by atoms with E-state index in [2.05, 4.69) is 4.98 Å².